The van der Waals surface area contributed by atoms with Crippen molar-refractivity contribution in [1.82, 2.24) is 10.2 Å². The lowest BCUT2D eigenvalue weighted by Crippen LogP contribution is -2.53. The first-order valence-corrected chi connectivity index (χ1v) is 6.16. The predicted molar refractivity (Wildman–Crippen MR) is 66.1 cm³/mol. The summed E-state index contributed by atoms with van der Waals surface area (Å²) < 4.78 is 4.99. The molecule has 1 saturated carbocycles. The highest BCUT2D eigenvalue weighted by Crippen LogP contribution is 2.39. The molecule has 100 valence electrons. The summed E-state index contributed by atoms with van der Waals surface area (Å²) in [5, 5.41) is 12.4. The first-order chi connectivity index (χ1) is 8.00. The molecular formula is C12H24N2O3. The van der Waals surface area contributed by atoms with E-state index in [0.29, 0.717) is 19.1 Å². The van der Waals surface area contributed by atoms with Gasteiger partial charge < -0.3 is 20.1 Å². The van der Waals surface area contributed by atoms with Gasteiger partial charge in [0.05, 0.1) is 6.61 Å². The fraction of sp³-hybridized carbons (Fsp3) is 0.917. The molecule has 0 amide bonds. The first kappa shape index (κ1) is 14.4. The van der Waals surface area contributed by atoms with Crippen LogP contribution in [0.3, 0.4) is 0 Å². The number of rotatable bonds is 9. The largest absolute Gasteiger partial charge is 0.480 e. The molecular weight excluding hydrogens is 220 g/mol. The van der Waals surface area contributed by atoms with Crippen LogP contribution in [0.5, 0.6) is 0 Å². The zero-order valence-electron chi connectivity index (χ0n) is 11.0. The molecule has 5 nitrogen and oxygen atoms in total. The normalized spacial score (nSPS) is 19.3. The van der Waals surface area contributed by atoms with Gasteiger partial charge in [-0.3, -0.25) is 4.79 Å². The van der Waals surface area contributed by atoms with Gasteiger partial charge in [0.15, 0.2) is 0 Å². The molecule has 1 unspecified atom stereocenters. The van der Waals surface area contributed by atoms with Crippen LogP contribution in [0, 0.1) is 5.92 Å². The number of likely N-dealkylation sites (N-methyl/N-ethyl adjacent to an activating group) is 1. The minimum Gasteiger partial charge on any atom is -0.480 e. The maximum atomic E-state index is 11.3. The molecule has 17 heavy (non-hydrogen) atoms. The summed E-state index contributed by atoms with van der Waals surface area (Å²) in [6.45, 7) is 4.89. The number of carboxylic acids is 1. The third kappa shape index (κ3) is 4.26. The van der Waals surface area contributed by atoms with Crippen LogP contribution in [0.4, 0.5) is 0 Å². The van der Waals surface area contributed by atoms with Crippen molar-refractivity contribution in [2.45, 2.75) is 25.3 Å². The van der Waals surface area contributed by atoms with E-state index < -0.39 is 11.5 Å². The van der Waals surface area contributed by atoms with E-state index in [1.54, 1.807) is 14.0 Å². The zero-order valence-corrected chi connectivity index (χ0v) is 11.0. The molecule has 1 aliphatic carbocycles. The summed E-state index contributed by atoms with van der Waals surface area (Å²) in [5.41, 5.74) is -0.748. The van der Waals surface area contributed by atoms with Crippen LogP contribution >= 0.6 is 0 Å². The lowest BCUT2D eigenvalue weighted by Gasteiger charge is -2.27. The molecule has 0 saturated heterocycles. The molecule has 1 atom stereocenters. The minimum absolute atomic E-state index is 0.296. The fourth-order valence-corrected chi connectivity index (χ4v) is 1.92. The number of carboxylic acid groups (broad SMARTS) is 1. The van der Waals surface area contributed by atoms with E-state index in [0.717, 1.165) is 25.9 Å². The number of aliphatic carboxylic acids is 1. The van der Waals surface area contributed by atoms with E-state index >= 15 is 0 Å². The SMILES string of the molecule is COCCN(C)CCNC(C)(C(=O)O)C1CC1. The number of nitrogens with one attached hydrogen (secondary N) is 1. The Kier molecular flexibility index (Phi) is 5.36. The van der Waals surface area contributed by atoms with Crippen molar-refractivity contribution < 1.29 is 14.6 Å². The number of carbonyl (C=O) groups is 1. The van der Waals surface area contributed by atoms with Crippen LogP contribution < -0.4 is 5.32 Å². The summed E-state index contributed by atoms with van der Waals surface area (Å²) in [4.78, 5) is 13.4. The first-order valence-electron chi connectivity index (χ1n) is 6.16. The van der Waals surface area contributed by atoms with Crippen molar-refractivity contribution in [2.24, 2.45) is 5.92 Å². The standard InChI is InChI=1S/C12H24N2O3/c1-12(11(15)16,10-4-5-10)13-6-7-14(2)8-9-17-3/h10,13H,4-9H2,1-3H3,(H,15,16). The molecule has 1 fully saturated rings. The summed E-state index contributed by atoms with van der Waals surface area (Å²) >= 11 is 0. The molecule has 1 aliphatic rings. The molecule has 1 rings (SSSR count). The van der Waals surface area contributed by atoms with E-state index in [4.69, 9.17) is 4.74 Å². The third-order valence-corrected chi connectivity index (χ3v) is 3.50. The van der Waals surface area contributed by atoms with Crippen molar-refractivity contribution in [1.29, 1.82) is 0 Å². The van der Waals surface area contributed by atoms with Crippen LogP contribution in [0.1, 0.15) is 19.8 Å². The van der Waals surface area contributed by atoms with Gasteiger partial charge in [-0.1, -0.05) is 0 Å². The predicted octanol–water partition coefficient (Wildman–Crippen LogP) is 0.408. The van der Waals surface area contributed by atoms with Crippen LogP contribution in [-0.4, -0.2) is 61.9 Å². The number of ether oxygens (including phenoxy) is 1. The van der Waals surface area contributed by atoms with Crippen LogP contribution in [0.2, 0.25) is 0 Å². The number of methoxy groups -OCH3 is 1. The second-order valence-electron chi connectivity index (χ2n) is 5.00. The molecule has 0 aliphatic heterocycles. The average Bonchev–Trinajstić information content (AvgIpc) is 3.09. The molecule has 0 heterocycles. The Morgan fingerprint density at radius 2 is 2.18 bits per heavy atom. The van der Waals surface area contributed by atoms with Gasteiger partial charge in [-0.2, -0.15) is 0 Å². The molecule has 0 bridgehead atoms. The highest BCUT2D eigenvalue weighted by atomic mass is 16.5. The smallest absolute Gasteiger partial charge is 0.323 e. The van der Waals surface area contributed by atoms with Gasteiger partial charge in [0.2, 0.25) is 0 Å². The van der Waals surface area contributed by atoms with Gasteiger partial charge in [0, 0.05) is 26.7 Å². The van der Waals surface area contributed by atoms with Crippen molar-refractivity contribution >= 4 is 5.97 Å². The van der Waals surface area contributed by atoms with E-state index in [1.165, 1.54) is 0 Å². The highest BCUT2D eigenvalue weighted by molar-refractivity contribution is 5.79. The Morgan fingerprint density at radius 1 is 1.53 bits per heavy atom. The van der Waals surface area contributed by atoms with E-state index in [1.807, 2.05) is 7.05 Å². The Hall–Kier alpha value is -0.650. The fourth-order valence-electron chi connectivity index (χ4n) is 1.92. The summed E-state index contributed by atoms with van der Waals surface area (Å²) in [6.07, 6.45) is 2.05. The quantitative estimate of drug-likeness (QED) is 0.615. The minimum atomic E-state index is -0.748. The Morgan fingerprint density at radius 3 is 2.65 bits per heavy atom. The van der Waals surface area contributed by atoms with Gasteiger partial charge in [0.1, 0.15) is 5.54 Å². The highest BCUT2D eigenvalue weighted by Gasteiger charge is 2.46. The lowest BCUT2D eigenvalue weighted by molar-refractivity contribution is -0.145. The maximum absolute atomic E-state index is 11.3. The zero-order chi connectivity index (χ0) is 12.9. The van der Waals surface area contributed by atoms with Gasteiger partial charge in [-0.05, 0) is 32.7 Å². The van der Waals surface area contributed by atoms with E-state index in [9.17, 15) is 9.90 Å². The topological polar surface area (TPSA) is 61.8 Å². The van der Waals surface area contributed by atoms with Crippen molar-refractivity contribution in [3.8, 4) is 0 Å². The summed E-state index contributed by atoms with van der Waals surface area (Å²) in [6, 6.07) is 0. The Labute approximate surface area is 103 Å². The molecule has 0 spiro atoms. The summed E-state index contributed by atoms with van der Waals surface area (Å²) in [5.74, 6) is -0.441. The molecule has 0 aromatic carbocycles. The van der Waals surface area contributed by atoms with Crippen LogP contribution in [-0.2, 0) is 9.53 Å². The van der Waals surface area contributed by atoms with Crippen molar-refractivity contribution in [3.63, 3.8) is 0 Å². The van der Waals surface area contributed by atoms with E-state index in [2.05, 4.69) is 10.2 Å². The molecule has 0 aromatic rings. The lowest BCUT2D eigenvalue weighted by atomic mass is 9.96. The van der Waals surface area contributed by atoms with Crippen molar-refractivity contribution in [3.05, 3.63) is 0 Å². The number of nitrogens with zero attached hydrogens (tertiary/aromatic N) is 1. The van der Waals surface area contributed by atoms with Gasteiger partial charge in [-0.25, -0.2) is 0 Å². The monoisotopic (exact) mass is 244 g/mol. The van der Waals surface area contributed by atoms with E-state index in [-0.39, 0.29) is 0 Å². The average molecular weight is 244 g/mol. The number of hydrogen-bond acceptors (Lipinski definition) is 4. The van der Waals surface area contributed by atoms with Crippen LogP contribution in [0.15, 0.2) is 0 Å². The van der Waals surface area contributed by atoms with Gasteiger partial charge >= 0.3 is 5.97 Å². The van der Waals surface area contributed by atoms with Crippen LogP contribution in [0.25, 0.3) is 0 Å². The van der Waals surface area contributed by atoms with Crippen molar-refractivity contribution in [2.75, 3.05) is 40.4 Å². The summed E-state index contributed by atoms with van der Waals surface area (Å²) in [7, 11) is 3.69. The molecule has 2 N–H and O–H groups in total. The Bertz CT molecular complexity index is 256. The van der Waals surface area contributed by atoms with Gasteiger partial charge in [-0.15, -0.1) is 0 Å². The second-order valence-corrected chi connectivity index (χ2v) is 5.00. The Balaban J connectivity index is 2.26. The van der Waals surface area contributed by atoms with Gasteiger partial charge in [0.25, 0.3) is 0 Å². The molecule has 0 radical (unpaired) electrons. The third-order valence-electron chi connectivity index (χ3n) is 3.50. The molecule has 5 heteroatoms. The maximum Gasteiger partial charge on any atom is 0.323 e. The number of hydrogen-bond donors (Lipinski definition) is 2. The molecule has 0 aromatic heterocycles. The second kappa shape index (κ2) is 6.33.